The van der Waals surface area contributed by atoms with Gasteiger partial charge in [-0.15, -0.1) is 0 Å². The number of hydrogen-bond acceptors (Lipinski definition) is 4. The first kappa shape index (κ1) is 13.4. The van der Waals surface area contributed by atoms with Gasteiger partial charge < -0.3 is 14.9 Å². The van der Waals surface area contributed by atoms with E-state index in [0.717, 1.165) is 6.42 Å². The van der Waals surface area contributed by atoms with Crippen LogP contribution in [-0.2, 0) is 9.53 Å². The molecule has 0 aromatic heterocycles. The fourth-order valence-electron chi connectivity index (χ4n) is 1.24. The van der Waals surface area contributed by atoms with Crippen LogP contribution < -0.4 is 0 Å². The molecule has 0 aliphatic rings. The van der Waals surface area contributed by atoms with E-state index >= 15 is 0 Å². The molecule has 2 atom stereocenters. The van der Waals surface area contributed by atoms with Gasteiger partial charge in [-0.1, -0.05) is 13.3 Å². The molecule has 0 heterocycles. The maximum absolute atomic E-state index is 10.7. The molecule has 0 aliphatic heterocycles. The van der Waals surface area contributed by atoms with Crippen molar-refractivity contribution in [2.45, 2.75) is 51.2 Å². The summed E-state index contributed by atoms with van der Waals surface area (Å²) in [6.07, 6.45) is 1.34. The van der Waals surface area contributed by atoms with Crippen molar-refractivity contribution in [2.24, 2.45) is 0 Å². The Balaban J connectivity index is 3.52. The average molecular weight is 204 g/mol. The van der Waals surface area contributed by atoms with Crippen molar-refractivity contribution in [1.29, 1.82) is 0 Å². The van der Waals surface area contributed by atoms with E-state index in [-0.39, 0.29) is 5.97 Å². The lowest BCUT2D eigenvalue weighted by atomic mass is 10.0. The molecule has 0 saturated heterocycles. The molecule has 0 amide bonds. The maximum Gasteiger partial charge on any atom is 0.305 e. The van der Waals surface area contributed by atoms with E-state index in [1.54, 1.807) is 0 Å². The normalized spacial score (nSPS) is 14.9. The van der Waals surface area contributed by atoms with Crippen molar-refractivity contribution in [3.63, 3.8) is 0 Å². The average Bonchev–Trinajstić information content (AvgIpc) is 2.17. The first-order valence-electron chi connectivity index (χ1n) is 5.04. The lowest BCUT2D eigenvalue weighted by molar-refractivity contribution is -0.140. The minimum absolute atomic E-state index is 0.276. The summed E-state index contributed by atoms with van der Waals surface area (Å²) in [5.74, 6) is -0.276. The number of methoxy groups -OCH3 is 1. The predicted molar refractivity (Wildman–Crippen MR) is 52.8 cm³/mol. The van der Waals surface area contributed by atoms with Gasteiger partial charge in [0.15, 0.2) is 0 Å². The molecule has 14 heavy (non-hydrogen) atoms. The third-order valence-corrected chi connectivity index (χ3v) is 2.14. The van der Waals surface area contributed by atoms with E-state index in [1.165, 1.54) is 7.11 Å². The number of aliphatic hydroxyl groups excluding tert-OH is 2. The van der Waals surface area contributed by atoms with Crippen LogP contribution in [0.1, 0.15) is 39.0 Å². The fraction of sp³-hybridized carbons (Fsp3) is 0.900. The van der Waals surface area contributed by atoms with Crippen LogP contribution in [0.2, 0.25) is 0 Å². The second kappa shape index (κ2) is 7.76. The monoisotopic (exact) mass is 204 g/mol. The van der Waals surface area contributed by atoms with Crippen molar-refractivity contribution in [3.8, 4) is 0 Å². The van der Waals surface area contributed by atoms with Gasteiger partial charge in [0, 0.05) is 6.42 Å². The standard InChI is InChI=1S/C10H20O4/c1-3-5-8(11)9(12)6-4-7-10(13)14-2/h8-9,11-12H,3-7H2,1-2H3/t8-,9+/m0/s1. The molecule has 0 unspecified atom stereocenters. The molecule has 0 spiro atoms. The molecule has 0 saturated carbocycles. The zero-order valence-electron chi connectivity index (χ0n) is 8.90. The molecule has 0 radical (unpaired) electrons. The molecule has 0 fully saturated rings. The molecule has 0 aromatic carbocycles. The summed E-state index contributed by atoms with van der Waals surface area (Å²) < 4.78 is 4.46. The molecule has 4 heteroatoms. The van der Waals surface area contributed by atoms with E-state index in [9.17, 15) is 15.0 Å². The Morgan fingerprint density at radius 1 is 1.29 bits per heavy atom. The van der Waals surface area contributed by atoms with Crippen molar-refractivity contribution >= 4 is 5.97 Å². The zero-order valence-corrected chi connectivity index (χ0v) is 8.90. The van der Waals surface area contributed by atoms with Gasteiger partial charge in [-0.3, -0.25) is 4.79 Å². The zero-order chi connectivity index (χ0) is 11.0. The molecule has 0 rings (SSSR count). The highest BCUT2D eigenvalue weighted by Gasteiger charge is 2.15. The second-order valence-corrected chi connectivity index (χ2v) is 3.39. The molecular formula is C10H20O4. The van der Waals surface area contributed by atoms with Crippen molar-refractivity contribution in [2.75, 3.05) is 7.11 Å². The Labute approximate surface area is 84.9 Å². The van der Waals surface area contributed by atoms with Gasteiger partial charge in [-0.25, -0.2) is 0 Å². The number of rotatable bonds is 7. The maximum atomic E-state index is 10.7. The highest BCUT2D eigenvalue weighted by Crippen LogP contribution is 2.09. The SMILES string of the molecule is CCC[C@H](O)[C@H](O)CCCC(=O)OC. The summed E-state index contributed by atoms with van der Waals surface area (Å²) in [5.41, 5.74) is 0. The molecular weight excluding hydrogens is 184 g/mol. The Kier molecular flexibility index (Phi) is 7.42. The predicted octanol–water partition coefficient (Wildman–Crippen LogP) is 0.852. The minimum atomic E-state index is -0.723. The summed E-state index contributed by atoms with van der Waals surface area (Å²) in [4.78, 5) is 10.7. The number of ether oxygens (including phenoxy) is 1. The van der Waals surface area contributed by atoms with Crippen LogP contribution in [0.15, 0.2) is 0 Å². The summed E-state index contributed by atoms with van der Waals surface area (Å²) in [5, 5.41) is 18.8. The summed E-state index contributed by atoms with van der Waals surface area (Å²) >= 11 is 0. The molecule has 84 valence electrons. The van der Waals surface area contributed by atoms with Crippen LogP contribution >= 0.6 is 0 Å². The largest absolute Gasteiger partial charge is 0.469 e. The van der Waals surface area contributed by atoms with Crippen molar-refractivity contribution in [1.82, 2.24) is 0 Å². The first-order valence-corrected chi connectivity index (χ1v) is 5.04. The van der Waals surface area contributed by atoms with Gasteiger partial charge in [0.25, 0.3) is 0 Å². The van der Waals surface area contributed by atoms with Crippen molar-refractivity contribution in [3.05, 3.63) is 0 Å². The van der Waals surface area contributed by atoms with Crippen LogP contribution in [0.5, 0.6) is 0 Å². The molecule has 0 aliphatic carbocycles. The van der Waals surface area contributed by atoms with Gasteiger partial charge in [0.1, 0.15) is 0 Å². The van der Waals surface area contributed by atoms with Gasteiger partial charge in [0.05, 0.1) is 19.3 Å². The smallest absolute Gasteiger partial charge is 0.305 e. The molecule has 0 bridgehead atoms. The number of aliphatic hydroxyl groups is 2. The number of carbonyl (C=O) groups is 1. The highest BCUT2D eigenvalue weighted by atomic mass is 16.5. The van der Waals surface area contributed by atoms with Crippen LogP contribution in [0.3, 0.4) is 0 Å². The Bertz CT molecular complexity index is 158. The highest BCUT2D eigenvalue weighted by molar-refractivity contribution is 5.68. The Hall–Kier alpha value is -0.610. The lowest BCUT2D eigenvalue weighted by Gasteiger charge is -2.16. The van der Waals surface area contributed by atoms with Crippen LogP contribution in [0.4, 0.5) is 0 Å². The quantitative estimate of drug-likeness (QED) is 0.603. The van der Waals surface area contributed by atoms with Gasteiger partial charge in [-0.05, 0) is 19.3 Å². The van der Waals surface area contributed by atoms with Gasteiger partial charge in [-0.2, -0.15) is 0 Å². The summed E-state index contributed by atoms with van der Waals surface area (Å²) in [7, 11) is 1.34. The van der Waals surface area contributed by atoms with Gasteiger partial charge >= 0.3 is 5.97 Å². The Morgan fingerprint density at radius 2 is 1.86 bits per heavy atom. The third-order valence-electron chi connectivity index (χ3n) is 2.14. The fourth-order valence-corrected chi connectivity index (χ4v) is 1.24. The Morgan fingerprint density at radius 3 is 2.36 bits per heavy atom. The van der Waals surface area contributed by atoms with E-state index in [1.807, 2.05) is 6.92 Å². The lowest BCUT2D eigenvalue weighted by Crippen LogP contribution is -2.25. The van der Waals surface area contributed by atoms with Crippen LogP contribution in [0, 0.1) is 0 Å². The van der Waals surface area contributed by atoms with E-state index < -0.39 is 12.2 Å². The minimum Gasteiger partial charge on any atom is -0.469 e. The summed E-state index contributed by atoms with van der Waals surface area (Å²) in [6.45, 7) is 1.95. The van der Waals surface area contributed by atoms with Gasteiger partial charge in [0.2, 0.25) is 0 Å². The van der Waals surface area contributed by atoms with E-state index in [4.69, 9.17) is 0 Å². The topological polar surface area (TPSA) is 66.8 Å². The molecule has 4 nitrogen and oxygen atoms in total. The third kappa shape index (κ3) is 5.94. The summed E-state index contributed by atoms with van der Waals surface area (Å²) in [6, 6.07) is 0. The number of hydrogen-bond donors (Lipinski definition) is 2. The molecule has 2 N–H and O–H groups in total. The van der Waals surface area contributed by atoms with E-state index in [0.29, 0.717) is 25.7 Å². The second-order valence-electron chi connectivity index (χ2n) is 3.39. The molecule has 0 aromatic rings. The van der Waals surface area contributed by atoms with Crippen LogP contribution in [0.25, 0.3) is 0 Å². The number of carbonyl (C=O) groups excluding carboxylic acids is 1. The van der Waals surface area contributed by atoms with Crippen LogP contribution in [-0.4, -0.2) is 35.5 Å². The van der Waals surface area contributed by atoms with E-state index in [2.05, 4.69) is 4.74 Å². The van der Waals surface area contributed by atoms with Crippen molar-refractivity contribution < 1.29 is 19.7 Å². The first-order chi connectivity index (χ1) is 6.61. The number of esters is 1.